The Labute approximate surface area is 132 Å². The molecule has 21 heavy (non-hydrogen) atoms. The largest absolute Gasteiger partial charge is 0.457 e. The molecule has 102 valence electrons. The fourth-order valence-corrected chi connectivity index (χ4v) is 2.54. The standard InChI is InChI=1S/C17H9Cl2NO/c18-15-7-8-17(14-4-2-1-3-13(14)15)21-12-6-5-11(10-20)16(19)9-12/h1-9H. The second-order valence-corrected chi connectivity index (χ2v) is 5.26. The van der Waals surface area contributed by atoms with Gasteiger partial charge in [-0.05, 0) is 24.3 Å². The van der Waals surface area contributed by atoms with Crippen molar-refractivity contribution in [3.63, 3.8) is 0 Å². The molecule has 0 unspecified atom stereocenters. The van der Waals surface area contributed by atoms with Crippen molar-refractivity contribution < 1.29 is 4.74 Å². The maximum absolute atomic E-state index is 8.88. The van der Waals surface area contributed by atoms with E-state index in [0.717, 1.165) is 10.8 Å². The minimum atomic E-state index is 0.369. The van der Waals surface area contributed by atoms with Crippen LogP contribution in [0.3, 0.4) is 0 Å². The maximum Gasteiger partial charge on any atom is 0.135 e. The van der Waals surface area contributed by atoms with Gasteiger partial charge in [-0.15, -0.1) is 0 Å². The molecule has 0 heterocycles. The van der Waals surface area contributed by atoms with Gasteiger partial charge in [0.2, 0.25) is 0 Å². The first-order valence-electron chi connectivity index (χ1n) is 6.24. The van der Waals surface area contributed by atoms with E-state index >= 15 is 0 Å². The fraction of sp³-hybridized carbons (Fsp3) is 0. The summed E-state index contributed by atoms with van der Waals surface area (Å²) < 4.78 is 5.87. The molecule has 3 aromatic carbocycles. The van der Waals surface area contributed by atoms with Crippen LogP contribution in [-0.4, -0.2) is 0 Å². The van der Waals surface area contributed by atoms with Gasteiger partial charge >= 0.3 is 0 Å². The van der Waals surface area contributed by atoms with E-state index in [1.807, 2.05) is 36.4 Å². The lowest BCUT2D eigenvalue weighted by molar-refractivity contribution is 0.488. The SMILES string of the molecule is N#Cc1ccc(Oc2ccc(Cl)c3ccccc23)cc1Cl. The molecule has 0 N–H and O–H groups in total. The van der Waals surface area contributed by atoms with Crippen LogP contribution in [0.2, 0.25) is 10.0 Å². The van der Waals surface area contributed by atoms with Crippen LogP contribution in [-0.2, 0) is 0 Å². The van der Waals surface area contributed by atoms with Crippen molar-refractivity contribution in [3.05, 3.63) is 70.2 Å². The molecule has 0 radical (unpaired) electrons. The van der Waals surface area contributed by atoms with Gasteiger partial charge < -0.3 is 4.74 Å². The first-order chi connectivity index (χ1) is 10.2. The third-order valence-electron chi connectivity index (χ3n) is 3.12. The van der Waals surface area contributed by atoms with Crippen molar-refractivity contribution in [2.45, 2.75) is 0 Å². The minimum absolute atomic E-state index is 0.369. The highest BCUT2D eigenvalue weighted by atomic mass is 35.5. The molecule has 0 amide bonds. The molecule has 2 nitrogen and oxygen atoms in total. The number of ether oxygens (including phenoxy) is 1. The molecule has 0 fully saturated rings. The van der Waals surface area contributed by atoms with Gasteiger partial charge in [0.05, 0.1) is 10.6 Å². The lowest BCUT2D eigenvalue weighted by Gasteiger charge is -2.10. The van der Waals surface area contributed by atoms with Gasteiger partial charge in [0.1, 0.15) is 17.6 Å². The zero-order valence-corrected chi connectivity index (χ0v) is 12.3. The first kappa shape index (κ1) is 13.8. The molecule has 0 saturated heterocycles. The summed E-state index contributed by atoms with van der Waals surface area (Å²) in [5, 5.41) is 11.8. The molecule has 3 aromatic rings. The Kier molecular flexibility index (Phi) is 3.70. The van der Waals surface area contributed by atoms with E-state index in [9.17, 15) is 0 Å². The Morgan fingerprint density at radius 1 is 0.857 bits per heavy atom. The molecule has 0 bridgehead atoms. The summed E-state index contributed by atoms with van der Waals surface area (Å²) in [6.07, 6.45) is 0. The summed E-state index contributed by atoms with van der Waals surface area (Å²) in [5.41, 5.74) is 0.421. The normalized spacial score (nSPS) is 10.3. The molecule has 0 saturated carbocycles. The number of hydrogen-bond donors (Lipinski definition) is 0. The van der Waals surface area contributed by atoms with Crippen LogP contribution >= 0.6 is 23.2 Å². The van der Waals surface area contributed by atoms with Crippen molar-refractivity contribution in [1.29, 1.82) is 5.26 Å². The second kappa shape index (κ2) is 5.65. The smallest absolute Gasteiger partial charge is 0.135 e. The van der Waals surface area contributed by atoms with Crippen LogP contribution in [0, 0.1) is 11.3 Å². The van der Waals surface area contributed by atoms with Crippen molar-refractivity contribution in [2.24, 2.45) is 0 Å². The Hall–Kier alpha value is -2.21. The Morgan fingerprint density at radius 2 is 1.62 bits per heavy atom. The molecule has 0 aliphatic heterocycles. The molecule has 4 heteroatoms. The molecule has 0 aliphatic rings. The molecule has 0 spiro atoms. The van der Waals surface area contributed by atoms with Crippen molar-refractivity contribution >= 4 is 34.0 Å². The van der Waals surface area contributed by atoms with Crippen molar-refractivity contribution in [3.8, 4) is 17.6 Å². The molecule has 0 aliphatic carbocycles. The highest BCUT2D eigenvalue weighted by molar-refractivity contribution is 6.35. The van der Waals surface area contributed by atoms with Crippen molar-refractivity contribution in [2.75, 3.05) is 0 Å². The van der Waals surface area contributed by atoms with E-state index in [1.165, 1.54) is 0 Å². The van der Waals surface area contributed by atoms with E-state index in [0.29, 0.717) is 27.1 Å². The van der Waals surface area contributed by atoms with Gasteiger partial charge in [0.25, 0.3) is 0 Å². The summed E-state index contributed by atoms with van der Waals surface area (Å²) >= 11 is 12.2. The Balaban J connectivity index is 2.05. The van der Waals surface area contributed by atoms with Crippen LogP contribution in [0.15, 0.2) is 54.6 Å². The Bertz CT molecular complexity index is 868. The van der Waals surface area contributed by atoms with E-state index < -0.39 is 0 Å². The fourth-order valence-electron chi connectivity index (χ4n) is 2.10. The molecule has 0 aromatic heterocycles. The molecule has 3 rings (SSSR count). The van der Waals surface area contributed by atoms with Gasteiger partial charge in [-0.1, -0.05) is 47.5 Å². The van der Waals surface area contributed by atoms with E-state index in [2.05, 4.69) is 0 Å². The van der Waals surface area contributed by atoms with Gasteiger partial charge in [-0.25, -0.2) is 0 Å². The number of fused-ring (bicyclic) bond motifs is 1. The minimum Gasteiger partial charge on any atom is -0.457 e. The molecular formula is C17H9Cl2NO. The highest BCUT2D eigenvalue weighted by Crippen LogP contribution is 2.35. The van der Waals surface area contributed by atoms with Gasteiger partial charge in [0, 0.05) is 21.9 Å². The first-order valence-corrected chi connectivity index (χ1v) is 6.99. The average Bonchev–Trinajstić information content (AvgIpc) is 2.51. The zero-order chi connectivity index (χ0) is 14.8. The molecule has 0 atom stereocenters. The number of benzene rings is 3. The van der Waals surface area contributed by atoms with Crippen molar-refractivity contribution in [1.82, 2.24) is 0 Å². The van der Waals surface area contributed by atoms with Gasteiger partial charge in [-0.3, -0.25) is 0 Å². The van der Waals surface area contributed by atoms with Gasteiger partial charge in [-0.2, -0.15) is 5.26 Å². The number of nitriles is 1. The van der Waals surface area contributed by atoms with E-state index in [-0.39, 0.29) is 0 Å². The Morgan fingerprint density at radius 3 is 2.33 bits per heavy atom. The predicted octanol–water partition coefficient (Wildman–Crippen LogP) is 5.81. The second-order valence-electron chi connectivity index (χ2n) is 4.45. The summed E-state index contributed by atoms with van der Waals surface area (Å²) in [6.45, 7) is 0. The van der Waals surface area contributed by atoms with Gasteiger partial charge in [0.15, 0.2) is 0 Å². The number of nitrogens with zero attached hydrogens (tertiary/aromatic N) is 1. The lowest BCUT2D eigenvalue weighted by Crippen LogP contribution is -1.87. The molecular weight excluding hydrogens is 305 g/mol. The van der Waals surface area contributed by atoms with Crippen LogP contribution in [0.25, 0.3) is 10.8 Å². The summed E-state index contributed by atoms with van der Waals surface area (Å²) in [7, 11) is 0. The highest BCUT2D eigenvalue weighted by Gasteiger charge is 2.08. The number of rotatable bonds is 2. The van der Waals surface area contributed by atoms with E-state index in [4.69, 9.17) is 33.2 Å². The topological polar surface area (TPSA) is 33.0 Å². The van der Waals surface area contributed by atoms with Crippen LogP contribution < -0.4 is 4.74 Å². The summed E-state index contributed by atoms with van der Waals surface area (Å²) in [4.78, 5) is 0. The predicted molar refractivity (Wildman–Crippen MR) is 85.2 cm³/mol. The van der Waals surface area contributed by atoms with E-state index in [1.54, 1.807) is 24.3 Å². The lowest BCUT2D eigenvalue weighted by atomic mass is 10.1. The summed E-state index contributed by atoms with van der Waals surface area (Å²) in [6, 6.07) is 18.4. The monoisotopic (exact) mass is 313 g/mol. The third kappa shape index (κ3) is 2.67. The number of hydrogen-bond acceptors (Lipinski definition) is 2. The number of halogens is 2. The summed E-state index contributed by atoms with van der Waals surface area (Å²) in [5.74, 6) is 1.27. The third-order valence-corrected chi connectivity index (χ3v) is 3.76. The van der Waals surface area contributed by atoms with Crippen LogP contribution in [0.4, 0.5) is 0 Å². The van der Waals surface area contributed by atoms with Crippen LogP contribution in [0.1, 0.15) is 5.56 Å². The quantitative estimate of drug-likeness (QED) is 0.598. The maximum atomic E-state index is 8.88. The van der Waals surface area contributed by atoms with Crippen LogP contribution in [0.5, 0.6) is 11.5 Å². The zero-order valence-electron chi connectivity index (χ0n) is 10.8. The average molecular weight is 314 g/mol.